The first-order valence-electron chi connectivity index (χ1n) is 7.59. The van der Waals surface area contributed by atoms with Crippen molar-refractivity contribution in [2.24, 2.45) is 5.41 Å². The number of carbonyl (C=O) groups excluding carboxylic acids is 1. The van der Waals surface area contributed by atoms with Gasteiger partial charge < -0.3 is 10.2 Å². The lowest BCUT2D eigenvalue weighted by Gasteiger charge is -2.37. The van der Waals surface area contributed by atoms with Crippen molar-refractivity contribution in [1.82, 2.24) is 10.2 Å². The Labute approximate surface area is 126 Å². The van der Waals surface area contributed by atoms with E-state index in [1.54, 1.807) is 6.07 Å². The minimum atomic E-state index is -0.275. The molecule has 1 aliphatic rings. The molecule has 1 amide bonds. The Morgan fingerprint density at radius 1 is 1.38 bits per heavy atom. The topological polar surface area (TPSA) is 56.1 Å². The smallest absolute Gasteiger partial charge is 0.228 e. The van der Waals surface area contributed by atoms with Gasteiger partial charge in [0.25, 0.3) is 0 Å². The molecular formula is C17H23N3O. The van der Waals surface area contributed by atoms with E-state index in [-0.39, 0.29) is 11.3 Å². The van der Waals surface area contributed by atoms with Gasteiger partial charge in [-0.25, -0.2) is 0 Å². The minimum absolute atomic E-state index is 0.208. The fraction of sp³-hybridized carbons (Fsp3) is 0.529. The van der Waals surface area contributed by atoms with Crippen molar-refractivity contribution >= 4 is 5.91 Å². The molecule has 0 bridgehead atoms. The summed E-state index contributed by atoms with van der Waals surface area (Å²) in [5, 5.41) is 12.5. The first-order valence-corrected chi connectivity index (χ1v) is 7.59. The van der Waals surface area contributed by atoms with E-state index >= 15 is 0 Å². The van der Waals surface area contributed by atoms with E-state index in [4.69, 9.17) is 0 Å². The second-order valence-corrected chi connectivity index (χ2v) is 5.90. The highest BCUT2D eigenvalue weighted by molar-refractivity contribution is 5.82. The van der Waals surface area contributed by atoms with Crippen LogP contribution in [0.1, 0.15) is 37.8 Å². The standard InChI is InChI=1S/C17H23N3O/c1-3-20(13-15-7-5-4-6-14(15)12-18)16(21)17(2)8-10-19-11-9-17/h4-7,19H,3,8-11,13H2,1-2H3. The second kappa shape index (κ2) is 6.73. The molecule has 21 heavy (non-hydrogen) atoms. The van der Waals surface area contributed by atoms with Crippen LogP contribution in [0.25, 0.3) is 0 Å². The Morgan fingerprint density at radius 2 is 2.05 bits per heavy atom. The summed E-state index contributed by atoms with van der Waals surface area (Å²) < 4.78 is 0. The molecule has 0 aliphatic carbocycles. The van der Waals surface area contributed by atoms with Crippen molar-refractivity contribution in [2.75, 3.05) is 19.6 Å². The Hall–Kier alpha value is -1.86. The van der Waals surface area contributed by atoms with Crippen LogP contribution in [-0.4, -0.2) is 30.4 Å². The van der Waals surface area contributed by atoms with Gasteiger partial charge in [-0.3, -0.25) is 4.79 Å². The highest BCUT2D eigenvalue weighted by atomic mass is 16.2. The van der Waals surface area contributed by atoms with Crippen LogP contribution in [0.4, 0.5) is 0 Å². The van der Waals surface area contributed by atoms with Crippen molar-refractivity contribution < 1.29 is 4.79 Å². The molecule has 0 unspecified atom stereocenters. The van der Waals surface area contributed by atoms with Crippen LogP contribution in [0.3, 0.4) is 0 Å². The summed E-state index contributed by atoms with van der Waals surface area (Å²) in [6.07, 6.45) is 1.75. The Bertz CT molecular complexity index is 541. The van der Waals surface area contributed by atoms with Crippen LogP contribution in [-0.2, 0) is 11.3 Å². The fourth-order valence-corrected chi connectivity index (χ4v) is 2.87. The summed E-state index contributed by atoms with van der Waals surface area (Å²) in [5.74, 6) is 0.208. The molecule has 1 fully saturated rings. The number of nitrogens with zero attached hydrogens (tertiary/aromatic N) is 2. The van der Waals surface area contributed by atoms with Gasteiger partial charge in [-0.1, -0.05) is 25.1 Å². The van der Waals surface area contributed by atoms with E-state index in [1.807, 2.05) is 30.0 Å². The average molecular weight is 285 g/mol. The zero-order valence-electron chi connectivity index (χ0n) is 12.9. The van der Waals surface area contributed by atoms with Gasteiger partial charge in [0.05, 0.1) is 11.6 Å². The molecule has 1 aromatic carbocycles. The number of hydrogen-bond donors (Lipinski definition) is 1. The minimum Gasteiger partial charge on any atom is -0.338 e. The largest absolute Gasteiger partial charge is 0.338 e. The van der Waals surface area contributed by atoms with Crippen molar-refractivity contribution in [3.63, 3.8) is 0 Å². The maximum atomic E-state index is 12.9. The van der Waals surface area contributed by atoms with Crippen molar-refractivity contribution in [3.05, 3.63) is 35.4 Å². The van der Waals surface area contributed by atoms with Crippen LogP contribution < -0.4 is 5.32 Å². The Balaban J connectivity index is 2.16. The summed E-state index contributed by atoms with van der Waals surface area (Å²) in [7, 11) is 0. The third-order valence-corrected chi connectivity index (χ3v) is 4.39. The number of piperidine rings is 1. The third kappa shape index (κ3) is 3.43. The molecular weight excluding hydrogens is 262 g/mol. The number of carbonyl (C=O) groups is 1. The lowest BCUT2D eigenvalue weighted by molar-refractivity contribution is -0.143. The maximum Gasteiger partial charge on any atom is 0.228 e. The molecule has 0 aromatic heterocycles. The zero-order chi connectivity index (χ0) is 15.3. The lowest BCUT2D eigenvalue weighted by atomic mass is 9.79. The summed E-state index contributed by atoms with van der Waals surface area (Å²) in [5.41, 5.74) is 1.30. The molecule has 1 aliphatic heterocycles. The molecule has 0 spiro atoms. The van der Waals surface area contributed by atoms with Crippen LogP contribution in [0.2, 0.25) is 0 Å². The van der Waals surface area contributed by atoms with Gasteiger partial charge in [-0.15, -0.1) is 0 Å². The van der Waals surface area contributed by atoms with Gasteiger partial charge in [0.15, 0.2) is 0 Å². The highest BCUT2D eigenvalue weighted by Gasteiger charge is 2.37. The molecule has 1 heterocycles. The van der Waals surface area contributed by atoms with Gasteiger partial charge in [0, 0.05) is 18.5 Å². The first-order chi connectivity index (χ1) is 10.1. The van der Waals surface area contributed by atoms with E-state index in [9.17, 15) is 10.1 Å². The van der Waals surface area contributed by atoms with Crippen molar-refractivity contribution in [1.29, 1.82) is 5.26 Å². The second-order valence-electron chi connectivity index (χ2n) is 5.90. The summed E-state index contributed by atoms with van der Waals surface area (Å²) in [6.45, 7) is 7.04. The van der Waals surface area contributed by atoms with E-state index in [2.05, 4.69) is 18.3 Å². The van der Waals surface area contributed by atoms with Crippen LogP contribution in [0.5, 0.6) is 0 Å². The monoisotopic (exact) mass is 285 g/mol. The molecule has 1 aromatic rings. The van der Waals surface area contributed by atoms with E-state index in [0.29, 0.717) is 18.7 Å². The Morgan fingerprint density at radius 3 is 2.67 bits per heavy atom. The van der Waals surface area contributed by atoms with E-state index < -0.39 is 0 Å². The molecule has 4 nitrogen and oxygen atoms in total. The number of amides is 1. The van der Waals surface area contributed by atoms with E-state index in [0.717, 1.165) is 31.5 Å². The Kier molecular flexibility index (Phi) is 4.98. The van der Waals surface area contributed by atoms with Gasteiger partial charge in [0.2, 0.25) is 5.91 Å². The zero-order valence-corrected chi connectivity index (χ0v) is 12.9. The lowest BCUT2D eigenvalue weighted by Crippen LogP contribution is -2.47. The predicted molar refractivity (Wildman–Crippen MR) is 82.5 cm³/mol. The molecule has 0 radical (unpaired) electrons. The number of benzene rings is 1. The SMILES string of the molecule is CCN(Cc1ccccc1C#N)C(=O)C1(C)CCNCC1. The normalized spacial score (nSPS) is 17.0. The van der Waals surface area contributed by atoms with Crippen LogP contribution in [0.15, 0.2) is 24.3 Å². The summed E-state index contributed by atoms with van der Waals surface area (Å²) in [6, 6.07) is 9.71. The maximum absolute atomic E-state index is 12.9. The first kappa shape index (κ1) is 15.5. The fourth-order valence-electron chi connectivity index (χ4n) is 2.87. The summed E-state index contributed by atoms with van der Waals surface area (Å²) in [4.78, 5) is 14.7. The van der Waals surface area contributed by atoms with E-state index in [1.165, 1.54) is 0 Å². The molecule has 112 valence electrons. The average Bonchev–Trinajstić information content (AvgIpc) is 2.53. The molecule has 0 atom stereocenters. The molecule has 2 rings (SSSR count). The number of rotatable bonds is 4. The number of hydrogen-bond acceptors (Lipinski definition) is 3. The predicted octanol–water partition coefficient (Wildman–Crippen LogP) is 2.30. The molecule has 0 saturated carbocycles. The summed E-state index contributed by atoms with van der Waals surface area (Å²) >= 11 is 0. The quantitative estimate of drug-likeness (QED) is 0.923. The number of nitriles is 1. The van der Waals surface area contributed by atoms with Gasteiger partial charge in [-0.05, 0) is 44.5 Å². The number of nitrogens with one attached hydrogen (secondary N) is 1. The van der Waals surface area contributed by atoms with Gasteiger partial charge in [0.1, 0.15) is 0 Å². The van der Waals surface area contributed by atoms with Crippen LogP contribution >= 0.6 is 0 Å². The third-order valence-electron chi connectivity index (χ3n) is 4.39. The molecule has 1 N–H and O–H groups in total. The van der Waals surface area contributed by atoms with Gasteiger partial charge in [-0.2, -0.15) is 5.26 Å². The van der Waals surface area contributed by atoms with Crippen LogP contribution in [0, 0.1) is 16.7 Å². The van der Waals surface area contributed by atoms with Crippen molar-refractivity contribution in [3.8, 4) is 6.07 Å². The molecule has 1 saturated heterocycles. The molecule has 4 heteroatoms. The van der Waals surface area contributed by atoms with Gasteiger partial charge >= 0.3 is 0 Å². The van der Waals surface area contributed by atoms with Crippen molar-refractivity contribution in [2.45, 2.75) is 33.2 Å². The highest BCUT2D eigenvalue weighted by Crippen LogP contribution is 2.31.